The van der Waals surface area contributed by atoms with Crippen molar-refractivity contribution >= 4 is 12.0 Å². The number of allylic oxidation sites excluding steroid dienone is 1. The van der Waals surface area contributed by atoms with E-state index < -0.39 is 12.0 Å². The molecule has 2 amide bonds. The molecule has 1 saturated heterocycles. The van der Waals surface area contributed by atoms with Crippen molar-refractivity contribution in [3.63, 3.8) is 0 Å². The maximum Gasteiger partial charge on any atom is 0.326 e. The summed E-state index contributed by atoms with van der Waals surface area (Å²) in [6.07, 6.45) is 5.19. The second-order valence-corrected chi connectivity index (χ2v) is 4.86. The number of carboxylic acid groups (broad SMARTS) is 1. The molecule has 0 aromatic carbocycles. The number of carbonyl (C=O) groups excluding carboxylic acids is 1. The zero-order valence-electron chi connectivity index (χ0n) is 11.1. The molecule has 5 heteroatoms. The molecular weight excluding hydrogens is 232 g/mol. The molecule has 0 aromatic heterocycles. The van der Waals surface area contributed by atoms with Gasteiger partial charge in [0.25, 0.3) is 0 Å². The lowest BCUT2D eigenvalue weighted by Gasteiger charge is -2.26. The summed E-state index contributed by atoms with van der Waals surface area (Å²) >= 11 is 0. The predicted molar refractivity (Wildman–Crippen MR) is 69.4 cm³/mol. The van der Waals surface area contributed by atoms with Crippen molar-refractivity contribution in [1.82, 2.24) is 10.2 Å². The standard InChI is InChI=1S/C13H22N2O3/c1-10(2)7-8-14-13(18)15-9-5-3-4-6-11(15)12(16)17/h7,11H,3-6,8-9H2,1-2H3,(H,14,18)(H,16,17). The van der Waals surface area contributed by atoms with E-state index in [0.29, 0.717) is 19.5 Å². The average molecular weight is 254 g/mol. The van der Waals surface area contributed by atoms with Gasteiger partial charge < -0.3 is 15.3 Å². The van der Waals surface area contributed by atoms with Gasteiger partial charge in [-0.3, -0.25) is 0 Å². The van der Waals surface area contributed by atoms with E-state index >= 15 is 0 Å². The number of hydrogen-bond donors (Lipinski definition) is 2. The van der Waals surface area contributed by atoms with E-state index in [9.17, 15) is 9.59 Å². The first-order valence-electron chi connectivity index (χ1n) is 6.43. The van der Waals surface area contributed by atoms with Gasteiger partial charge in [-0.2, -0.15) is 0 Å². The third-order valence-electron chi connectivity index (χ3n) is 3.06. The van der Waals surface area contributed by atoms with Crippen LogP contribution in [-0.2, 0) is 4.79 Å². The fourth-order valence-corrected chi connectivity index (χ4v) is 2.05. The highest BCUT2D eigenvalue weighted by Gasteiger charge is 2.30. The fraction of sp³-hybridized carbons (Fsp3) is 0.692. The number of nitrogens with one attached hydrogen (secondary N) is 1. The Kier molecular flexibility index (Phi) is 5.68. The maximum absolute atomic E-state index is 12.0. The molecule has 102 valence electrons. The number of carboxylic acids is 1. The minimum absolute atomic E-state index is 0.276. The van der Waals surface area contributed by atoms with Gasteiger partial charge in [0.1, 0.15) is 6.04 Å². The van der Waals surface area contributed by atoms with Crippen LogP contribution in [0.3, 0.4) is 0 Å². The Hall–Kier alpha value is -1.52. The molecule has 5 nitrogen and oxygen atoms in total. The number of nitrogens with zero attached hydrogens (tertiary/aromatic N) is 1. The first-order valence-corrected chi connectivity index (χ1v) is 6.43. The van der Waals surface area contributed by atoms with Crippen LogP contribution < -0.4 is 5.32 Å². The van der Waals surface area contributed by atoms with Crippen LogP contribution >= 0.6 is 0 Å². The van der Waals surface area contributed by atoms with Gasteiger partial charge in [-0.1, -0.05) is 24.5 Å². The van der Waals surface area contributed by atoms with Gasteiger partial charge in [0.15, 0.2) is 0 Å². The van der Waals surface area contributed by atoms with Crippen LogP contribution in [0.5, 0.6) is 0 Å². The van der Waals surface area contributed by atoms with E-state index in [4.69, 9.17) is 5.11 Å². The smallest absolute Gasteiger partial charge is 0.326 e. The van der Waals surface area contributed by atoms with Crippen molar-refractivity contribution in [3.8, 4) is 0 Å². The zero-order chi connectivity index (χ0) is 13.5. The molecule has 2 N–H and O–H groups in total. The zero-order valence-corrected chi connectivity index (χ0v) is 11.1. The summed E-state index contributed by atoms with van der Waals surface area (Å²) in [7, 11) is 0. The summed E-state index contributed by atoms with van der Waals surface area (Å²) < 4.78 is 0. The van der Waals surface area contributed by atoms with Crippen LogP contribution in [0.4, 0.5) is 4.79 Å². The monoisotopic (exact) mass is 254 g/mol. The van der Waals surface area contributed by atoms with Gasteiger partial charge in [0, 0.05) is 13.1 Å². The van der Waals surface area contributed by atoms with Crippen molar-refractivity contribution in [2.24, 2.45) is 0 Å². The van der Waals surface area contributed by atoms with Gasteiger partial charge in [-0.25, -0.2) is 9.59 Å². The van der Waals surface area contributed by atoms with Gasteiger partial charge >= 0.3 is 12.0 Å². The highest BCUT2D eigenvalue weighted by atomic mass is 16.4. The Morgan fingerprint density at radius 3 is 2.67 bits per heavy atom. The minimum Gasteiger partial charge on any atom is -0.480 e. The number of rotatable bonds is 3. The number of likely N-dealkylation sites (tertiary alicyclic amines) is 1. The highest BCUT2D eigenvalue weighted by Crippen LogP contribution is 2.17. The molecule has 1 fully saturated rings. The van der Waals surface area contributed by atoms with E-state index in [0.717, 1.165) is 24.8 Å². The fourth-order valence-electron chi connectivity index (χ4n) is 2.05. The van der Waals surface area contributed by atoms with Crippen molar-refractivity contribution in [3.05, 3.63) is 11.6 Å². The van der Waals surface area contributed by atoms with Gasteiger partial charge in [-0.05, 0) is 26.7 Å². The molecule has 0 aromatic rings. The second kappa shape index (κ2) is 7.03. The number of aliphatic carboxylic acids is 1. The lowest BCUT2D eigenvalue weighted by Crippen LogP contribution is -2.49. The lowest BCUT2D eigenvalue weighted by molar-refractivity contribution is -0.142. The van der Waals surface area contributed by atoms with Crippen molar-refractivity contribution < 1.29 is 14.7 Å². The molecule has 0 bridgehead atoms. The molecule has 1 atom stereocenters. The Bertz CT molecular complexity index is 335. The molecule has 0 saturated carbocycles. The van der Waals surface area contributed by atoms with Crippen molar-refractivity contribution in [1.29, 1.82) is 0 Å². The number of carbonyl (C=O) groups is 2. The molecular formula is C13H22N2O3. The molecule has 1 aliphatic rings. The number of hydrogen-bond acceptors (Lipinski definition) is 2. The predicted octanol–water partition coefficient (Wildman–Crippen LogP) is 1.99. The number of urea groups is 1. The van der Waals surface area contributed by atoms with Gasteiger partial charge in [0.05, 0.1) is 0 Å². The van der Waals surface area contributed by atoms with E-state index in [-0.39, 0.29) is 6.03 Å². The molecule has 1 heterocycles. The van der Waals surface area contributed by atoms with Crippen LogP contribution in [0.15, 0.2) is 11.6 Å². The van der Waals surface area contributed by atoms with Crippen LogP contribution in [0, 0.1) is 0 Å². The van der Waals surface area contributed by atoms with Crippen LogP contribution in [0.1, 0.15) is 39.5 Å². The average Bonchev–Trinajstić information content (AvgIpc) is 2.53. The molecule has 1 aliphatic heterocycles. The Morgan fingerprint density at radius 1 is 1.33 bits per heavy atom. The quantitative estimate of drug-likeness (QED) is 0.757. The summed E-state index contributed by atoms with van der Waals surface area (Å²) in [5.41, 5.74) is 1.13. The lowest BCUT2D eigenvalue weighted by atomic mass is 10.1. The summed E-state index contributed by atoms with van der Waals surface area (Å²) in [5, 5.41) is 11.9. The van der Waals surface area contributed by atoms with E-state index in [1.807, 2.05) is 19.9 Å². The van der Waals surface area contributed by atoms with Crippen LogP contribution in [0.25, 0.3) is 0 Å². The second-order valence-electron chi connectivity index (χ2n) is 4.86. The van der Waals surface area contributed by atoms with Gasteiger partial charge in [-0.15, -0.1) is 0 Å². The SMILES string of the molecule is CC(C)=CCNC(=O)N1CCCCCC1C(=O)O. The Morgan fingerprint density at radius 2 is 2.06 bits per heavy atom. The van der Waals surface area contributed by atoms with Crippen LogP contribution in [-0.4, -0.2) is 41.1 Å². The highest BCUT2D eigenvalue weighted by molar-refractivity contribution is 5.82. The van der Waals surface area contributed by atoms with E-state index in [1.165, 1.54) is 4.90 Å². The van der Waals surface area contributed by atoms with E-state index in [1.54, 1.807) is 0 Å². The molecule has 0 aliphatic carbocycles. The van der Waals surface area contributed by atoms with Crippen molar-refractivity contribution in [2.45, 2.75) is 45.6 Å². The van der Waals surface area contributed by atoms with Crippen LogP contribution in [0.2, 0.25) is 0 Å². The molecule has 0 spiro atoms. The molecule has 1 unspecified atom stereocenters. The third-order valence-corrected chi connectivity index (χ3v) is 3.06. The van der Waals surface area contributed by atoms with E-state index in [2.05, 4.69) is 5.32 Å². The Balaban J connectivity index is 2.61. The number of amides is 2. The summed E-state index contributed by atoms with van der Waals surface area (Å²) in [6.45, 7) is 4.89. The van der Waals surface area contributed by atoms with Crippen molar-refractivity contribution in [2.75, 3.05) is 13.1 Å². The molecule has 1 rings (SSSR count). The molecule has 0 radical (unpaired) electrons. The topological polar surface area (TPSA) is 69.6 Å². The Labute approximate surface area is 108 Å². The maximum atomic E-state index is 12.0. The first kappa shape index (κ1) is 14.5. The first-order chi connectivity index (χ1) is 8.52. The minimum atomic E-state index is -0.908. The summed E-state index contributed by atoms with van der Waals surface area (Å²) in [4.78, 5) is 24.6. The summed E-state index contributed by atoms with van der Waals surface area (Å²) in [6, 6.07) is -0.957. The van der Waals surface area contributed by atoms with Gasteiger partial charge in [0.2, 0.25) is 0 Å². The third kappa shape index (κ3) is 4.39. The normalized spacial score (nSPS) is 19.9. The molecule has 18 heavy (non-hydrogen) atoms. The largest absolute Gasteiger partial charge is 0.480 e. The summed E-state index contributed by atoms with van der Waals surface area (Å²) in [5.74, 6) is -0.908.